The highest BCUT2D eigenvalue weighted by atomic mass is 31.1. The molecule has 0 saturated heterocycles. The smallest absolute Gasteiger partial charge is 0.270 e. The number of hydrogen-bond donors (Lipinski definition) is 4. The van der Waals surface area contributed by atoms with E-state index < -0.39 is 19.6 Å². The monoisotopic (exact) mass is 524 g/mol. The normalized spacial score (nSPS) is 12.8. The molecule has 0 aliphatic heterocycles. The molecular formula is C26H30FN6O3P. The Hall–Kier alpha value is -3.30. The minimum atomic E-state index is -1.23. The average Bonchev–Trinajstić information content (AvgIpc) is 3.33. The molecule has 0 bridgehead atoms. The van der Waals surface area contributed by atoms with Crippen molar-refractivity contribution < 1.29 is 18.8 Å². The van der Waals surface area contributed by atoms with E-state index in [1.54, 1.807) is 32.2 Å². The Balaban J connectivity index is 1.55. The summed E-state index contributed by atoms with van der Waals surface area (Å²) in [6.07, 6.45) is 1.54. The van der Waals surface area contributed by atoms with Crippen molar-refractivity contribution >= 4 is 19.3 Å². The third-order valence-electron chi connectivity index (χ3n) is 5.50. The van der Waals surface area contributed by atoms with E-state index in [2.05, 4.69) is 25.5 Å². The van der Waals surface area contributed by atoms with Gasteiger partial charge in [0.1, 0.15) is 5.82 Å². The predicted octanol–water partition coefficient (Wildman–Crippen LogP) is 3.87. The molecule has 4 rings (SSSR count). The van der Waals surface area contributed by atoms with Gasteiger partial charge in [-0.25, -0.2) is 14.4 Å². The topological polar surface area (TPSA) is 143 Å². The molecule has 11 heteroatoms. The van der Waals surface area contributed by atoms with Gasteiger partial charge in [0, 0.05) is 29.6 Å². The van der Waals surface area contributed by atoms with E-state index >= 15 is 0 Å². The molecule has 4 aromatic rings. The second kappa shape index (κ2) is 11.0. The van der Waals surface area contributed by atoms with E-state index in [0.717, 1.165) is 10.9 Å². The summed E-state index contributed by atoms with van der Waals surface area (Å²) in [7, 11) is -1.23. The van der Waals surface area contributed by atoms with Crippen LogP contribution in [0.25, 0.3) is 34.3 Å². The lowest BCUT2D eigenvalue weighted by Gasteiger charge is -2.17. The van der Waals surface area contributed by atoms with E-state index in [1.807, 2.05) is 38.1 Å². The molecule has 0 spiro atoms. The predicted molar refractivity (Wildman–Crippen MR) is 142 cm³/mol. The van der Waals surface area contributed by atoms with Crippen LogP contribution >= 0.6 is 8.15 Å². The molecule has 0 aliphatic rings. The van der Waals surface area contributed by atoms with Gasteiger partial charge in [0.25, 0.3) is 11.8 Å². The number of hydrogen-bond acceptors (Lipinski definition) is 9. The highest BCUT2D eigenvalue weighted by Gasteiger charge is 2.19. The zero-order valence-electron chi connectivity index (χ0n) is 21.1. The van der Waals surface area contributed by atoms with Crippen LogP contribution in [-0.2, 0) is 6.54 Å². The number of rotatable bonds is 9. The van der Waals surface area contributed by atoms with Gasteiger partial charge in [-0.1, -0.05) is 44.2 Å². The van der Waals surface area contributed by atoms with Gasteiger partial charge in [-0.2, -0.15) is 0 Å². The summed E-state index contributed by atoms with van der Waals surface area (Å²) in [4.78, 5) is 19.1. The zero-order chi connectivity index (χ0) is 26.7. The Bertz CT molecular complexity index is 1370. The van der Waals surface area contributed by atoms with Crippen LogP contribution in [0.5, 0.6) is 0 Å². The molecule has 5 N–H and O–H groups in total. The van der Waals surface area contributed by atoms with Crippen LogP contribution in [0.1, 0.15) is 33.3 Å². The minimum Gasteiger partial charge on any atom is -0.414 e. The van der Waals surface area contributed by atoms with Crippen molar-refractivity contribution in [2.45, 2.75) is 45.5 Å². The van der Waals surface area contributed by atoms with Crippen molar-refractivity contribution in [3.05, 3.63) is 60.0 Å². The van der Waals surface area contributed by atoms with Crippen molar-refractivity contribution in [1.29, 1.82) is 0 Å². The Morgan fingerprint density at radius 1 is 1.11 bits per heavy atom. The number of benzene rings is 2. The second-order valence-electron chi connectivity index (χ2n) is 9.62. The number of aromatic nitrogens is 4. The molecular weight excluding hydrogens is 494 g/mol. The van der Waals surface area contributed by atoms with Gasteiger partial charge in [-0.3, -0.25) is 0 Å². The van der Waals surface area contributed by atoms with Crippen LogP contribution in [0.4, 0.5) is 10.2 Å². The molecule has 0 amide bonds. The van der Waals surface area contributed by atoms with Gasteiger partial charge >= 0.3 is 0 Å². The average molecular weight is 525 g/mol. The Morgan fingerprint density at radius 2 is 1.81 bits per heavy atom. The first-order valence-corrected chi connectivity index (χ1v) is 13.1. The molecule has 2 aromatic carbocycles. The quantitative estimate of drug-likeness (QED) is 0.240. The molecule has 2 aromatic heterocycles. The third-order valence-corrected chi connectivity index (χ3v) is 7.30. The van der Waals surface area contributed by atoms with E-state index in [4.69, 9.17) is 10.2 Å². The maximum absolute atomic E-state index is 14.8. The van der Waals surface area contributed by atoms with Crippen LogP contribution in [0, 0.1) is 5.82 Å². The number of nitrogens with zero attached hydrogens (tertiary/aromatic N) is 4. The summed E-state index contributed by atoms with van der Waals surface area (Å²) in [5.74, 6) is -0.407. The lowest BCUT2D eigenvalue weighted by Crippen LogP contribution is -2.34. The van der Waals surface area contributed by atoms with E-state index in [-0.39, 0.29) is 34.5 Å². The first kappa shape index (κ1) is 26.8. The number of nitrogens with two attached hydrogens (primary N) is 1. The first-order valence-electron chi connectivity index (χ1n) is 11.8. The molecule has 0 aliphatic carbocycles. The van der Waals surface area contributed by atoms with Gasteiger partial charge in [-0.05, 0) is 31.5 Å². The number of nitrogens with one attached hydrogen (secondary N) is 1. The summed E-state index contributed by atoms with van der Waals surface area (Å²) in [5.41, 5.74) is 7.71. The van der Waals surface area contributed by atoms with Gasteiger partial charge in [0.05, 0.1) is 31.2 Å². The largest absolute Gasteiger partial charge is 0.414 e. The highest BCUT2D eigenvalue weighted by molar-refractivity contribution is 7.60. The van der Waals surface area contributed by atoms with Gasteiger partial charge < -0.3 is 25.5 Å². The fourth-order valence-electron chi connectivity index (χ4n) is 3.56. The van der Waals surface area contributed by atoms with Crippen molar-refractivity contribution in [2.24, 2.45) is 0 Å². The minimum absolute atomic E-state index is 0.00977. The van der Waals surface area contributed by atoms with Crippen molar-refractivity contribution in [1.82, 2.24) is 25.5 Å². The number of anilines is 1. The summed E-state index contributed by atoms with van der Waals surface area (Å²) in [6.45, 7) is 8.11. The first-order chi connectivity index (χ1) is 17.5. The number of aliphatic hydroxyl groups is 1. The summed E-state index contributed by atoms with van der Waals surface area (Å²) in [5, 5.41) is 21.8. The van der Waals surface area contributed by atoms with Gasteiger partial charge in [0.15, 0.2) is 11.5 Å². The maximum Gasteiger partial charge on any atom is 0.270 e. The van der Waals surface area contributed by atoms with Crippen molar-refractivity contribution in [2.75, 3.05) is 12.3 Å². The van der Waals surface area contributed by atoms with Gasteiger partial charge in [-0.15, -0.1) is 10.2 Å². The van der Waals surface area contributed by atoms with Crippen LogP contribution in [0.2, 0.25) is 0 Å². The maximum atomic E-state index is 14.8. The molecule has 194 valence electrons. The van der Waals surface area contributed by atoms with Crippen LogP contribution in [0.3, 0.4) is 0 Å². The second-order valence-corrected chi connectivity index (χ2v) is 11.9. The third kappa shape index (κ3) is 6.53. The lowest BCUT2D eigenvalue weighted by atomic mass is 10.1. The molecule has 1 unspecified atom stereocenters. The fourth-order valence-corrected chi connectivity index (χ4v) is 4.61. The Labute approximate surface area is 215 Å². The summed E-state index contributed by atoms with van der Waals surface area (Å²) < 4.78 is 20.6. The molecule has 37 heavy (non-hydrogen) atoms. The van der Waals surface area contributed by atoms with Gasteiger partial charge in [0.2, 0.25) is 0 Å². The number of nitrogen functional groups attached to an aromatic ring is 1. The van der Waals surface area contributed by atoms with E-state index in [1.165, 1.54) is 6.07 Å². The highest BCUT2D eigenvalue weighted by Crippen LogP contribution is 2.35. The zero-order valence-corrected chi connectivity index (χ0v) is 22.0. The molecule has 2 heterocycles. The standard InChI is InChI=1S/C26H30FN6O3P/c1-15(2)37(35)18-8-6-17(7-9-18)21-13-30-23(28)22(31-21)25-33-32-24(36-25)19-10-5-16(11-20(19)27)12-29-14-26(3,4)34/h5-11,13,15,29,34-35H,12,14H2,1-4H3,(H2,28,30). The molecule has 0 fully saturated rings. The van der Waals surface area contributed by atoms with Crippen LogP contribution < -0.4 is 16.4 Å². The molecule has 0 saturated carbocycles. The van der Waals surface area contributed by atoms with E-state index in [9.17, 15) is 14.4 Å². The SMILES string of the molecule is CC(C)P(O)c1ccc(-c2cnc(N)c(-c3nnc(-c4ccc(CNCC(C)(C)O)cc4F)o3)n2)cc1. The Morgan fingerprint density at radius 3 is 2.46 bits per heavy atom. The van der Waals surface area contributed by atoms with Crippen LogP contribution in [0.15, 0.2) is 53.1 Å². The number of halogens is 1. The summed E-state index contributed by atoms with van der Waals surface area (Å²) >= 11 is 0. The summed E-state index contributed by atoms with van der Waals surface area (Å²) in [6, 6.07) is 12.2. The van der Waals surface area contributed by atoms with Crippen molar-refractivity contribution in [3.8, 4) is 34.3 Å². The molecule has 9 nitrogen and oxygen atoms in total. The molecule has 0 radical (unpaired) electrons. The lowest BCUT2D eigenvalue weighted by molar-refractivity contribution is 0.0795. The van der Waals surface area contributed by atoms with Crippen molar-refractivity contribution in [3.63, 3.8) is 0 Å². The fraction of sp³-hybridized carbons (Fsp3) is 0.308. The Kier molecular flexibility index (Phi) is 7.94. The molecule has 1 atom stereocenters. The van der Waals surface area contributed by atoms with Crippen LogP contribution in [-0.4, -0.2) is 48.0 Å². The van der Waals surface area contributed by atoms with E-state index in [0.29, 0.717) is 24.3 Å².